The quantitative estimate of drug-likeness (QED) is 0.398. The Morgan fingerprint density at radius 2 is 1.46 bits per heavy atom. The molecule has 0 bridgehead atoms. The second-order valence-electron chi connectivity index (χ2n) is 7.37. The molecule has 0 fully saturated rings. The monoisotopic (exact) mass is 389 g/mol. The molecule has 144 valence electrons. The molecule has 1 aliphatic heterocycles. The molecule has 0 spiro atoms. The van der Waals surface area contributed by atoms with Crippen molar-refractivity contribution in [3.63, 3.8) is 0 Å². The summed E-state index contributed by atoms with van der Waals surface area (Å²) in [5.41, 5.74) is 5.13. The molecule has 3 aromatic rings. The summed E-state index contributed by atoms with van der Waals surface area (Å²) >= 11 is 1.87. The number of para-hydroxylation sites is 2. The number of aryl methyl sites for hydroxylation is 2. The standard InChI is InChI=1S/C25H27NOS/c1-19-14-15-20(2)23(18-19)27-17-9-3-8-16-26-21-10-4-6-12-24(21)28-25-13-7-5-11-22(25)26/h4-7,10-15,18H,3,8-9,16-17H2,1-2H3. The predicted molar refractivity (Wildman–Crippen MR) is 119 cm³/mol. The summed E-state index contributed by atoms with van der Waals surface area (Å²) in [6.07, 6.45) is 3.40. The Kier molecular flexibility index (Phi) is 5.92. The lowest BCUT2D eigenvalue weighted by Gasteiger charge is -2.32. The van der Waals surface area contributed by atoms with E-state index < -0.39 is 0 Å². The van der Waals surface area contributed by atoms with Crippen LogP contribution in [-0.4, -0.2) is 13.2 Å². The van der Waals surface area contributed by atoms with Gasteiger partial charge in [0.25, 0.3) is 0 Å². The highest BCUT2D eigenvalue weighted by Gasteiger charge is 2.22. The zero-order valence-corrected chi connectivity index (χ0v) is 17.5. The molecule has 0 saturated heterocycles. The van der Waals surface area contributed by atoms with E-state index in [2.05, 4.69) is 85.5 Å². The van der Waals surface area contributed by atoms with Crippen molar-refractivity contribution in [2.24, 2.45) is 0 Å². The van der Waals surface area contributed by atoms with Gasteiger partial charge < -0.3 is 9.64 Å². The van der Waals surface area contributed by atoms with Gasteiger partial charge in [-0.05, 0) is 74.6 Å². The molecule has 3 aromatic carbocycles. The van der Waals surface area contributed by atoms with Crippen LogP contribution in [0.3, 0.4) is 0 Å². The minimum Gasteiger partial charge on any atom is -0.493 e. The highest BCUT2D eigenvalue weighted by Crippen LogP contribution is 2.47. The molecule has 0 aliphatic carbocycles. The van der Waals surface area contributed by atoms with Gasteiger partial charge in [0, 0.05) is 16.3 Å². The van der Waals surface area contributed by atoms with Crippen molar-refractivity contribution in [2.75, 3.05) is 18.1 Å². The maximum atomic E-state index is 6.01. The van der Waals surface area contributed by atoms with Gasteiger partial charge in [-0.2, -0.15) is 0 Å². The molecule has 1 aliphatic rings. The summed E-state index contributed by atoms with van der Waals surface area (Å²) in [4.78, 5) is 5.17. The van der Waals surface area contributed by atoms with Gasteiger partial charge in [-0.15, -0.1) is 0 Å². The summed E-state index contributed by atoms with van der Waals surface area (Å²) in [5.74, 6) is 1.02. The van der Waals surface area contributed by atoms with Crippen molar-refractivity contribution in [1.82, 2.24) is 0 Å². The molecular formula is C25H27NOS. The maximum Gasteiger partial charge on any atom is 0.122 e. The highest BCUT2D eigenvalue weighted by atomic mass is 32.2. The van der Waals surface area contributed by atoms with Crippen molar-refractivity contribution in [3.8, 4) is 5.75 Å². The van der Waals surface area contributed by atoms with Crippen LogP contribution >= 0.6 is 11.8 Å². The topological polar surface area (TPSA) is 12.5 Å². The number of ether oxygens (including phenoxy) is 1. The molecular weight excluding hydrogens is 362 g/mol. The Morgan fingerprint density at radius 3 is 2.18 bits per heavy atom. The largest absolute Gasteiger partial charge is 0.493 e. The number of unbranched alkanes of at least 4 members (excludes halogenated alkanes) is 2. The normalized spacial score (nSPS) is 12.4. The summed E-state index contributed by atoms with van der Waals surface area (Å²) < 4.78 is 6.01. The van der Waals surface area contributed by atoms with Crippen LogP contribution in [0.4, 0.5) is 11.4 Å². The van der Waals surface area contributed by atoms with E-state index in [0.29, 0.717) is 0 Å². The minimum absolute atomic E-state index is 0.785. The van der Waals surface area contributed by atoms with Crippen LogP contribution in [0.1, 0.15) is 30.4 Å². The minimum atomic E-state index is 0.785. The van der Waals surface area contributed by atoms with E-state index in [9.17, 15) is 0 Å². The van der Waals surface area contributed by atoms with Crippen LogP contribution in [0.5, 0.6) is 5.75 Å². The van der Waals surface area contributed by atoms with Crippen LogP contribution in [0.25, 0.3) is 0 Å². The molecule has 0 aromatic heterocycles. The fraction of sp³-hybridized carbons (Fsp3) is 0.280. The first-order chi connectivity index (χ1) is 13.7. The Labute approximate surface area is 172 Å². The molecule has 2 nitrogen and oxygen atoms in total. The predicted octanol–water partition coefficient (Wildman–Crippen LogP) is 7.16. The van der Waals surface area contributed by atoms with Gasteiger partial charge in [-0.3, -0.25) is 0 Å². The van der Waals surface area contributed by atoms with Crippen LogP contribution in [0.15, 0.2) is 76.5 Å². The van der Waals surface area contributed by atoms with E-state index in [1.807, 2.05) is 11.8 Å². The van der Waals surface area contributed by atoms with Gasteiger partial charge in [-0.25, -0.2) is 0 Å². The average Bonchev–Trinajstić information content (AvgIpc) is 2.72. The molecule has 4 rings (SSSR count). The second kappa shape index (κ2) is 8.74. The molecule has 0 radical (unpaired) electrons. The van der Waals surface area contributed by atoms with E-state index in [0.717, 1.165) is 31.7 Å². The van der Waals surface area contributed by atoms with Gasteiger partial charge in [0.1, 0.15) is 5.75 Å². The molecule has 3 heteroatoms. The summed E-state index contributed by atoms with van der Waals surface area (Å²) in [6.45, 7) is 6.04. The van der Waals surface area contributed by atoms with E-state index in [4.69, 9.17) is 4.74 Å². The summed E-state index contributed by atoms with van der Waals surface area (Å²) in [5, 5.41) is 0. The lowest BCUT2D eigenvalue weighted by Crippen LogP contribution is -2.22. The van der Waals surface area contributed by atoms with Crippen LogP contribution in [0, 0.1) is 13.8 Å². The Hall–Kier alpha value is -2.39. The van der Waals surface area contributed by atoms with Crippen LogP contribution < -0.4 is 9.64 Å². The van der Waals surface area contributed by atoms with Gasteiger partial charge in [0.05, 0.1) is 18.0 Å². The number of nitrogens with zero attached hydrogens (tertiary/aromatic N) is 1. The number of anilines is 2. The van der Waals surface area contributed by atoms with E-state index in [1.54, 1.807) is 0 Å². The van der Waals surface area contributed by atoms with Gasteiger partial charge in [0.15, 0.2) is 0 Å². The Morgan fingerprint density at radius 1 is 0.786 bits per heavy atom. The fourth-order valence-corrected chi connectivity index (χ4v) is 4.71. The number of benzene rings is 3. The SMILES string of the molecule is Cc1ccc(C)c(OCCCCCN2c3ccccc3Sc3ccccc32)c1. The first-order valence-electron chi connectivity index (χ1n) is 10.1. The van der Waals surface area contributed by atoms with Crippen molar-refractivity contribution in [1.29, 1.82) is 0 Å². The van der Waals surface area contributed by atoms with E-state index in [-0.39, 0.29) is 0 Å². The molecule has 0 amide bonds. The number of hydrogen-bond acceptors (Lipinski definition) is 3. The smallest absolute Gasteiger partial charge is 0.122 e. The third-order valence-electron chi connectivity index (χ3n) is 5.16. The van der Waals surface area contributed by atoms with Crippen molar-refractivity contribution >= 4 is 23.1 Å². The van der Waals surface area contributed by atoms with E-state index in [1.165, 1.54) is 38.7 Å². The molecule has 1 heterocycles. The molecule has 0 unspecified atom stereocenters. The van der Waals surface area contributed by atoms with Crippen LogP contribution in [0.2, 0.25) is 0 Å². The maximum absolute atomic E-state index is 6.01. The third-order valence-corrected chi connectivity index (χ3v) is 6.29. The first kappa shape index (κ1) is 18.9. The first-order valence-corrected chi connectivity index (χ1v) is 10.9. The van der Waals surface area contributed by atoms with Crippen molar-refractivity contribution < 1.29 is 4.74 Å². The van der Waals surface area contributed by atoms with Gasteiger partial charge >= 0.3 is 0 Å². The van der Waals surface area contributed by atoms with Crippen molar-refractivity contribution in [2.45, 2.75) is 42.9 Å². The molecule has 0 saturated carbocycles. The second-order valence-corrected chi connectivity index (χ2v) is 8.45. The highest BCUT2D eigenvalue weighted by molar-refractivity contribution is 7.99. The summed E-state index contributed by atoms with van der Waals surface area (Å²) in [7, 11) is 0. The fourth-order valence-electron chi connectivity index (χ4n) is 3.62. The zero-order valence-electron chi connectivity index (χ0n) is 16.7. The lowest BCUT2D eigenvalue weighted by molar-refractivity contribution is 0.303. The van der Waals surface area contributed by atoms with E-state index >= 15 is 0 Å². The van der Waals surface area contributed by atoms with Gasteiger partial charge in [0.2, 0.25) is 0 Å². The number of fused-ring (bicyclic) bond motifs is 2. The number of hydrogen-bond donors (Lipinski definition) is 0. The Bertz CT molecular complexity index is 907. The van der Waals surface area contributed by atoms with Gasteiger partial charge in [-0.1, -0.05) is 48.2 Å². The lowest BCUT2D eigenvalue weighted by atomic mass is 10.1. The molecule has 0 atom stereocenters. The molecule has 0 N–H and O–H groups in total. The van der Waals surface area contributed by atoms with Crippen LogP contribution in [-0.2, 0) is 0 Å². The molecule has 28 heavy (non-hydrogen) atoms. The summed E-state index contributed by atoms with van der Waals surface area (Å²) in [6, 6.07) is 23.9. The number of rotatable bonds is 7. The van der Waals surface area contributed by atoms with Crippen molar-refractivity contribution in [3.05, 3.63) is 77.9 Å². The average molecular weight is 390 g/mol. The Balaban J connectivity index is 1.32. The zero-order chi connectivity index (χ0) is 19.3. The third kappa shape index (κ3) is 4.20.